The van der Waals surface area contributed by atoms with Crippen molar-refractivity contribution < 1.29 is 31.4 Å². The summed E-state index contributed by atoms with van der Waals surface area (Å²) in [5, 5.41) is 12.2. The van der Waals surface area contributed by atoms with Crippen molar-refractivity contribution in [2.75, 3.05) is 18.1 Å². The second-order valence-electron chi connectivity index (χ2n) is 12.9. The van der Waals surface area contributed by atoms with Gasteiger partial charge < -0.3 is 14.1 Å². The lowest BCUT2D eigenvalue weighted by molar-refractivity contribution is -0.137. The third-order valence-electron chi connectivity index (χ3n) is 9.06. The highest BCUT2D eigenvalue weighted by molar-refractivity contribution is 7.92. The first kappa shape index (κ1) is 36.9. The predicted molar refractivity (Wildman–Crippen MR) is 182 cm³/mol. The lowest BCUT2D eigenvalue weighted by Gasteiger charge is -2.44. The van der Waals surface area contributed by atoms with Crippen LogP contribution >= 0.6 is 11.6 Å². The van der Waals surface area contributed by atoms with E-state index in [4.69, 9.17) is 21.3 Å². The molecule has 0 aliphatic heterocycles. The Labute approximate surface area is 280 Å². The first-order valence-corrected chi connectivity index (χ1v) is 19.3. The lowest BCUT2D eigenvalue weighted by Crippen LogP contribution is -2.51. The number of hydrogen-bond acceptors (Lipinski definition) is 6. The Bertz CT molecular complexity index is 1860. The van der Waals surface area contributed by atoms with Crippen LogP contribution in [-0.4, -0.2) is 49.8 Å². The smallest absolute Gasteiger partial charge is 0.382 e. The Hall–Kier alpha value is -2.97. The van der Waals surface area contributed by atoms with Crippen LogP contribution in [0.3, 0.4) is 0 Å². The van der Waals surface area contributed by atoms with Crippen molar-refractivity contribution >= 4 is 46.6 Å². The number of fused-ring (bicyclic) bond motifs is 1. The number of sulfonamides is 1. The molecule has 0 bridgehead atoms. The molecule has 0 fully saturated rings. The van der Waals surface area contributed by atoms with E-state index in [0.717, 1.165) is 22.1 Å². The van der Waals surface area contributed by atoms with E-state index < -0.39 is 52.8 Å². The van der Waals surface area contributed by atoms with Gasteiger partial charge in [-0.25, -0.2) is 17.7 Å². The molecule has 1 atom stereocenters. The summed E-state index contributed by atoms with van der Waals surface area (Å²) in [5.74, 6) is 0. The van der Waals surface area contributed by atoms with E-state index in [0.29, 0.717) is 44.8 Å². The van der Waals surface area contributed by atoms with Gasteiger partial charge in [-0.05, 0) is 78.1 Å². The topological polar surface area (TPSA) is 97.6 Å². The van der Waals surface area contributed by atoms with Crippen molar-refractivity contribution in [1.29, 1.82) is 0 Å². The number of methoxy groups -OCH3 is 1. The van der Waals surface area contributed by atoms with Gasteiger partial charge in [0.2, 0.25) is 0 Å². The van der Waals surface area contributed by atoms with Gasteiger partial charge in [-0.3, -0.25) is 4.98 Å². The summed E-state index contributed by atoms with van der Waals surface area (Å²) in [4.78, 5) is 8.69. The maximum atomic E-state index is 14.0. The van der Waals surface area contributed by atoms with E-state index >= 15 is 0 Å². The molecule has 0 spiro atoms. The molecule has 47 heavy (non-hydrogen) atoms. The average molecular weight is 711 g/mol. The number of aliphatic hydroxyl groups is 1. The minimum Gasteiger partial charge on any atom is -0.382 e. The second kappa shape index (κ2) is 13.5. The number of aliphatic hydroxyl groups excluding tert-OH is 1. The molecular weight excluding hydrogens is 669 g/mol. The Morgan fingerprint density at radius 2 is 1.62 bits per heavy atom. The number of ether oxygens (including phenoxy) is 1. The summed E-state index contributed by atoms with van der Waals surface area (Å²) in [5.41, 5.74) is 2.24. The van der Waals surface area contributed by atoms with E-state index in [1.165, 1.54) is 19.4 Å². The Morgan fingerprint density at radius 3 is 2.17 bits per heavy atom. The van der Waals surface area contributed by atoms with Crippen molar-refractivity contribution in [1.82, 2.24) is 14.2 Å². The van der Waals surface area contributed by atoms with Gasteiger partial charge in [0.1, 0.15) is 18.5 Å². The number of alkyl halides is 3. The van der Waals surface area contributed by atoms with Crippen LogP contribution in [-0.2, 0) is 20.9 Å². The Balaban J connectivity index is 1.96. The van der Waals surface area contributed by atoms with Crippen LogP contribution in [0.2, 0.25) is 21.6 Å². The zero-order valence-corrected chi connectivity index (χ0v) is 30.6. The van der Waals surface area contributed by atoms with Gasteiger partial charge >= 0.3 is 6.18 Å². The van der Waals surface area contributed by atoms with E-state index in [-0.39, 0.29) is 11.4 Å². The standard InChI is InChI=1S/C33H42ClF3N4O4SSi/c1-19(2)47(20(3)4,21(5)6)41-13-12-25-29(23(8)17-39-32(25)41)31(42)30-28(14-22(7)16-38-30)40(18-45-9)46(43,44)24-10-11-27(34)26(15-24)33(35,36)37/h10-17,19-21,31,42H,18H2,1-9H3. The van der Waals surface area contributed by atoms with Crippen LogP contribution < -0.4 is 4.31 Å². The number of rotatable bonds is 11. The lowest BCUT2D eigenvalue weighted by atomic mass is 9.98. The van der Waals surface area contributed by atoms with Crippen molar-refractivity contribution in [3.05, 3.63) is 81.9 Å². The molecule has 4 rings (SSSR count). The van der Waals surface area contributed by atoms with E-state index in [2.05, 4.69) is 50.8 Å². The van der Waals surface area contributed by atoms with Crippen LogP contribution in [0.25, 0.3) is 11.0 Å². The number of pyridine rings is 2. The molecule has 256 valence electrons. The van der Waals surface area contributed by atoms with Crippen molar-refractivity contribution in [3.63, 3.8) is 0 Å². The van der Waals surface area contributed by atoms with Gasteiger partial charge in [-0.1, -0.05) is 53.1 Å². The number of nitrogens with zero attached hydrogens (tertiary/aromatic N) is 4. The molecule has 0 saturated heterocycles. The molecule has 3 aromatic heterocycles. The van der Waals surface area contributed by atoms with Gasteiger partial charge in [-0.2, -0.15) is 13.2 Å². The molecule has 4 aromatic rings. The van der Waals surface area contributed by atoms with Crippen molar-refractivity contribution in [2.45, 2.75) is 89.2 Å². The van der Waals surface area contributed by atoms with E-state index in [1.54, 1.807) is 13.1 Å². The van der Waals surface area contributed by atoms with Crippen molar-refractivity contribution in [2.24, 2.45) is 0 Å². The quantitative estimate of drug-likeness (QED) is 0.124. The number of aromatic nitrogens is 3. The molecule has 1 unspecified atom stereocenters. The molecule has 8 nitrogen and oxygen atoms in total. The molecule has 3 heterocycles. The molecule has 14 heteroatoms. The fourth-order valence-corrected chi connectivity index (χ4v) is 15.4. The number of hydrogen-bond donors (Lipinski definition) is 1. The molecule has 0 saturated carbocycles. The first-order valence-electron chi connectivity index (χ1n) is 15.3. The van der Waals surface area contributed by atoms with Gasteiger partial charge in [-0.15, -0.1) is 0 Å². The van der Waals surface area contributed by atoms with E-state index in [1.807, 2.05) is 19.2 Å². The first-order chi connectivity index (χ1) is 21.8. The zero-order chi connectivity index (χ0) is 35.2. The minimum atomic E-state index is -4.89. The summed E-state index contributed by atoms with van der Waals surface area (Å²) in [6.45, 7) is 16.4. The summed E-state index contributed by atoms with van der Waals surface area (Å²) in [6.07, 6.45) is -1.07. The zero-order valence-electron chi connectivity index (χ0n) is 28.0. The maximum Gasteiger partial charge on any atom is 0.417 e. The number of halogens is 4. The van der Waals surface area contributed by atoms with Gasteiger partial charge in [0.05, 0.1) is 26.9 Å². The fraction of sp³-hybridized carbons (Fsp3) is 0.455. The summed E-state index contributed by atoms with van der Waals surface area (Å²) >= 11 is 5.79. The molecule has 0 amide bonds. The van der Waals surface area contributed by atoms with Crippen LogP contribution in [0.1, 0.15) is 75.6 Å². The van der Waals surface area contributed by atoms with Crippen LogP contribution in [0.4, 0.5) is 18.9 Å². The third kappa shape index (κ3) is 6.44. The molecule has 0 aliphatic carbocycles. The Morgan fingerprint density at radius 1 is 1.00 bits per heavy atom. The normalized spacial score (nSPS) is 13.7. The molecular formula is C33H42ClF3N4O4SSi. The summed E-state index contributed by atoms with van der Waals surface area (Å²) < 4.78 is 77.6. The number of aryl methyl sites for hydroxylation is 2. The second-order valence-corrected chi connectivity index (χ2v) is 20.8. The maximum absolute atomic E-state index is 14.0. The third-order valence-corrected chi connectivity index (χ3v) is 17.9. The van der Waals surface area contributed by atoms with Gasteiger partial charge in [0.15, 0.2) is 8.24 Å². The van der Waals surface area contributed by atoms with Crippen LogP contribution in [0, 0.1) is 13.8 Å². The van der Waals surface area contributed by atoms with Crippen LogP contribution in [0.5, 0.6) is 0 Å². The highest BCUT2D eigenvalue weighted by Crippen LogP contribution is 2.45. The highest BCUT2D eigenvalue weighted by Gasteiger charge is 2.46. The molecule has 0 aliphatic rings. The predicted octanol–water partition coefficient (Wildman–Crippen LogP) is 8.62. The average Bonchev–Trinajstić information content (AvgIpc) is 3.38. The van der Waals surface area contributed by atoms with E-state index in [9.17, 15) is 26.7 Å². The van der Waals surface area contributed by atoms with Crippen LogP contribution in [0.15, 0.2) is 53.8 Å². The molecule has 0 radical (unpaired) electrons. The molecule has 1 N–H and O–H groups in total. The fourth-order valence-electron chi connectivity index (χ4n) is 7.22. The monoisotopic (exact) mass is 710 g/mol. The summed E-state index contributed by atoms with van der Waals surface area (Å²) in [6, 6.07) is 5.83. The number of benzene rings is 1. The highest BCUT2D eigenvalue weighted by atomic mass is 35.5. The summed E-state index contributed by atoms with van der Waals surface area (Å²) in [7, 11) is -5.66. The molecule has 1 aromatic carbocycles. The SMILES string of the molecule is COCN(c1cc(C)cnc1C(O)c1c(C)cnc2c1ccn2[Si](C(C)C)(C(C)C)C(C)C)S(=O)(=O)c1ccc(Cl)c(C(F)(F)F)c1. The van der Waals surface area contributed by atoms with Crippen molar-refractivity contribution in [3.8, 4) is 0 Å². The largest absolute Gasteiger partial charge is 0.417 e. The van der Waals surface area contributed by atoms with Gasteiger partial charge in [0.25, 0.3) is 10.0 Å². The minimum absolute atomic E-state index is 0.00956. The van der Waals surface area contributed by atoms with Gasteiger partial charge in [0, 0.05) is 30.5 Å². The number of anilines is 1. The Kier molecular flexibility index (Phi) is 10.6.